The van der Waals surface area contributed by atoms with Crippen LogP contribution in [0.3, 0.4) is 0 Å². The molecular weight excluding hydrogens is 245 g/mol. The van der Waals surface area contributed by atoms with Crippen LogP contribution in [-0.4, -0.2) is 6.54 Å². The molecular formula is C11H13BrFN. The Morgan fingerprint density at radius 3 is 2.93 bits per heavy atom. The predicted molar refractivity (Wildman–Crippen MR) is 62.0 cm³/mol. The largest absolute Gasteiger partial charge is 0.385 e. The molecule has 14 heavy (non-hydrogen) atoms. The Kier molecular flexibility index (Phi) is 4.66. The van der Waals surface area contributed by atoms with Gasteiger partial charge in [-0.1, -0.05) is 6.08 Å². The zero-order valence-electron chi connectivity index (χ0n) is 7.89. The van der Waals surface area contributed by atoms with E-state index in [1.54, 1.807) is 12.1 Å². The number of unbranched alkanes of at least 4 members (excludes halogenated alkanes) is 1. The van der Waals surface area contributed by atoms with Crippen LogP contribution in [0.5, 0.6) is 0 Å². The second kappa shape index (κ2) is 5.81. The van der Waals surface area contributed by atoms with Crippen molar-refractivity contribution in [2.45, 2.75) is 12.8 Å². The summed E-state index contributed by atoms with van der Waals surface area (Å²) >= 11 is 3.14. The molecule has 0 aromatic heterocycles. The molecule has 76 valence electrons. The first kappa shape index (κ1) is 11.2. The molecule has 0 bridgehead atoms. The van der Waals surface area contributed by atoms with E-state index in [9.17, 15) is 4.39 Å². The lowest BCUT2D eigenvalue weighted by Crippen LogP contribution is -2.00. The topological polar surface area (TPSA) is 12.0 Å². The van der Waals surface area contributed by atoms with Crippen LogP contribution in [0.25, 0.3) is 0 Å². The average molecular weight is 258 g/mol. The van der Waals surface area contributed by atoms with E-state index in [2.05, 4.69) is 27.8 Å². The number of halogens is 2. The van der Waals surface area contributed by atoms with Gasteiger partial charge >= 0.3 is 0 Å². The summed E-state index contributed by atoms with van der Waals surface area (Å²) in [7, 11) is 0. The maximum Gasteiger partial charge on any atom is 0.137 e. The van der Waals surface area contributed by atoms with Crippen LogP contribution in [0.1, 0.15) is 12.8 Å². The van der Waals surface area contributed by atoms with Crippen molar-refractivity contribution in [2.24, 2.45) is 0 Å². The molecule has 0 fully saturated rings. The maximum atomic E-state index is 12.9. The molecule has 0 saturated carbocycles. The summed E-state index contributed by atoms with van der Waals surface area (Å²) in [5.74, 6) is -0.235. The Labute approximate surface area is 92.1 Å². The minimum atomic E-state index is -0.235. The number of rotatable bonds is 5. The van der Waals surface area contributed by atoms with E-state index < -0.39 is 0 Å². The molecule has 0 unspecified atom stereocenters. The lowest BCUT2D eigenvalue weighted by Gasteiger charge is -2.05. The molecule has 0 aliphatic carbocycles. The number of allylic oxidation sites excluding steroid dienone is 1. The fourth-order valence-corrected chi connectivity index (χ4v) is 1.46. The van der Waals surface area contributed by atoms with Gasteiger partial charge in [0.25, 0.3) is 0 Å². The second-order valence-electron chi connectivity index (χ2n) is 2.99. The molecule has 3 heteroatoms. The van der Waals surface area contributed by atoms with Crippen molar-refractivity contribution in [1.82, 2.24) is 0 Å². The van der Waals surface area contributed by atoms with Crippen LogP contribution < -0.4 is 5.32 Å². The number of anilines is 1. The summed E-state index contributed by atoms with van der Waals surface area (Å²) in [5, 5.41) is 3.20. The van der Waals surface area contributed by atoms with E-state index in [4.69, 9.17) is 0 Å². The Balaban J connectivity index is 2.43. The molecule has 1 aromatic carbocycles. The maximum absolute atomic E-state index is 12.9. The SMILES string of the molecule is C=CCCCNc1ccc(F)c(Br)c1. The quantitative estimate of drug-likeness (QED) is 0.622. The summed E-state index contributed by atoms with van der Waals surface area (Å²) in [6.07, 6.45) is 3.93. The molecule has 0 amide bonds. The summed E-state index contributed by atoms with van der Waals surface area (Å²) in [6.45, 7) is 4.53. The second-order valence-corrected chi connectivity index (χ2v) is 3.84. The third-order valence-corrected chi connectivity index (χ3v) is 2.44. The number of hydrogen-bond donors (Lipinski definition) is 1. The van der Waals surface area contributed by atoms with Crippen molar-refractivity contribution < 1.29 is 4.39 Å². The van der Waals surface area contributed by atoms with Crippen LogP contribution in [0.15, 0.2) is 35.3 Å². The van der Waals surface area contributed by atoms with Crippen LogP contribution in [-0.2, 0) is 0 Å². The highest BCUT2D eigenvalue weighted by Gasteiger charge is 1.98. The van der Waals surface area contributed by atoms with Gasteiger partial charge in [0, 0.05) is 12.2 Å². The van der Waals surface area contributed by atoms with Gasteiger partial charge in [0.1, 0.15) is 5.82 Å². The van der Waals surface area contributed by atoms with Gasteiger partial charge in [0.05, 0.1) is 4.47 Å². The first-order chi connectivity index (χ1) is 6.74. The molecule has 1 rings (SSSR count). The van der Waals surface area contributed by atoms with Gasteiger partial charge < -0.3 is 5.32 Å². The molecule has 1 aromatic rings. The van der Waals surface area contributed by atoms with E-state index in [1.807, 2.05) is 6.08 Å². The normalized spacial score (nSPS) is 9.86. The monoisotopic (exact) mass is 257 g/mol. The van der Waals surface area contributed by atoms with E-state index in [-0.39, 0.29) is 5.82 Å². The summed E-state index contributed by atoms with van der Waals surface area (Å²) < 4.78 is 13.3. The standard InChI is InChI=1S/C11H13BrFN/c1-2-3-4-7-14-9-5-6-11(13)10(12)8-9/h2,5-6,8,14H,1,3-4,7H2. The minimum absolute atomic E-state index is 0.235. The van der Waals surface area contributed by atoms with Crippen molar-refractivity contribution in [3.05, 3.63) is 41.1 Å². The Morgan fingerprint density at radius 1 is 1.50 bits per heavy atom. The average Bonchev–Trinajstić information content (AvgIpc) is 2.18. The van der Waals surface area contributed by atoms with E-state index in [1.165, 1.54) is 6.07 Å². The molecule has 1 N–H and O–H groups in total. The highest BCUT2D eigenvalue weighted by atomic mass is 79.9. The highest BCUT2D eigenvalue weighted by molar-refractivity contribution is 9.10. The van der Waals surface area contributed by atoms with Gasteiger partial charge in [-0.3, -0.25) is 0 Å². The van der Waals surface area contributed by atoms with Crippen molar-refractivity contribution in [2.75, 3.05) is 11.9 Å². The number of benzene rings is 1. The van der Waals surface area contributed by atoms with E-state index in [0.717, 1.165) is 25.1 Å². The van der Waals surface area contributed by atoms with Gasteiger partial charge in [-0.25, -0.2) is 4.39 Å². The number of nitrogens with one attached hydrogen (secondary N) is 1. The van der Waals surface area contributed by atoms with Crippen LogP contribution >= 0.6 is 15.9 Å². The van der Waals surface area contributed by atoms with E-state index in [0.29, 0.717) is 4.47 Å². The summed E-state index contributed by atoms with van der Waals surface area (Å²) in [6, 6.07) is 4.91. The van der Waals surface area contributed by atoms with Crippen molar-refractivity contribution in [3.8, 4) is 0 Å². The molecule has 0 aliphatic heterocycles. The lowest BCUT2D eigenvalue weighted by molar-refractivity contribution is 0.621. The molecule has 0 heterocycles. The van der Waals surface area contributed by atoms with Crippen molar-refractivity contribution in [3.63, 3.8) is 0 Å². The minimum Gasteiger partial charge on any atom is -0.385 e. The zero-order valence-corrected chi connectivity index (χ0v) is 9.48. The Hall–Kier alpha value is -0.830. The Bertz CT molecular complexity index is 312. The first-order valence-electron chi connectivity index (χ1n) is 4.54. The Morgan fingerprint density at radius 2 is 2.29 bits per heavy atom. The zero-order chi connectivity index (χ0) is 10.4. The van der Waals surface area contributed by atoms with E-state index >= 15 is 0 Å². The van der Waals surface area contributed by atoms with Crippen LogP contribution in [0, 0.1) is 5.82 Å². The third-order valence-electron chi connectivity index (χ3n) is 1.83. The molecule has 0 saturated heterocycles. The van der Waals surface area contributed by atoms with Gasteiger partial charge in [-0.2, -0.15) is 0 Å². The first-order valence-corrected chi connectivity index (χ1v) is 5.33. The molecule has 1 nitrogen and oxygen atoms in total. The van der Waals surface area contributed by atoms with Crippen molar-refractivity contribution in [1.29, 1.82) is 0 Å². The molecule has 0 radical (unpaired) electrons. The summed E-state index contributed by atoms with van der Waals surface area (Å²) in [5.41, 5.74) is 0.933. The lowest BCUT2D eigenvalue weighted by atomic mass is 10.3. The molecule has 0 spiro atoms. The fraction of sp³-hybridized carbons (Fsp3) is 0.273. The third kappa shape index (κ3) is 3.50. The van der Waals surface area contributed by atoms with Gasteiger partial charge in [0.2, 0.25) is 0 Å². The molecule has 0 aliphatic rings. The summed E-state index contributed by atoms with van der Waals surface area (Å²) in [4.78, 5) is 0. The van der Waals surface area contributed by atoms with Crippen LogP contribution in [0.2, 0.25) is 0 Å². The highest BCUT2D eigenvalue weighted by Crippen LogP contribution is 2.19. The van der Waals surface area contributed by atoms with Crippen molar-refractivity contribution >= 4 is 21.6 Å². The van der Waals surface area contributed by atoms with Gasteiger partial charge in [0.15, 0.2) is 0 Å². The van der Waals surface area contributed by atoms with Gasteiger partial charge in [-0.05, 0) is 47.0 Å². The number of hydrogen-bond acceptors (Lipinski definition) is 1. The molecule has 0 atom stereocenters. The van der Waals surface area contributed by atoms with Gasteiger partial charge in [-0.15, -0.1) is 6.58 Å². The smallest absolute Gasteiger partial charge is 0.137 e. The predicted octanol–water partition coefficient (Wildman–Crippen LogP) is 3.97. The fourth-order valence-electron chi connectivity index (χ4n) is 1.09. The van der Waals surface area contributed by atoms with Crippen LogP contribution in [0.4, 0.5) is 10.1 Å².